The number of anilines is 1. The molecule has 0 bridgehead atoms. The monoisotopic (exact) mass is 427 g/mol. The van der Waals surface area contributed by atoms with Crippen LogP contribution in [0.3, 0.4) is 0 Å². The Bertz CT molecular complexity index is 832. The second kappa shape index (κ2) is 11.4. The van der Waals surface area contributed by atoms with Crippen LogP contribution in [-0.2, 0) is 16.0 Å². The molecule has 1 heterocycles. The first kappa shape index (κ1) is 22.7. The fourth-order valence-corrected chi connectivity index (χ4v) is 3.16. The summed E-state index contributed by atoms with van der Waals surface area (Å²) in [5.74, 6) is -2.13. The van der Waals surface area contributed by atoms with Crippen molar-refractivity contribution in [2.75, 3.05) is 31.7 Å². The number of nitrogens with zero attached hydrogens (tertiary/aromatic N) is 2. The van der Waals surface area contributed by atoms with Gasteiger partial charge in [0, 0.05) is 31.2 Å². The van der Waals surface area contributed by atoms with Gasteiger partial charge in [-0.1, -0.05) is 0 Å². The molecule has 0 aliphatic carbocycles. The second-order valence-corrected chi connectivity index (χ2v) is 6.82. The summed E-state index contributed by atoms with van der Waals surface area (Å²) < 4.78 is 37.1. The highest BCUT2D eigenvalue weighted by Crippen LogP contribution is 2.18. The highest BCUT2D eigenvalue weighted by atomic mass is 32.1. The van der Waals surface area contributed by atoms with Gasteiger partial charge in [-0.3, -0.25) is 0 Å². The summed E-state index contributed by atoms with van der Waals surface area (Å²) in [6.07, 6.45) is 0.559. The Hall–Kier alpha value is -2.59. The van der Waals surface area contributed by atoms with Crippen LogP contribution in [0.2, 0.25) is 0 Å². The Morgan fingerprint density at radius 1 is 1.24 bits per heavy atom. The van der Waals surface area contributed by atoms with Crippen LogP contribution in [0, 0.1) is 11.6 Å². The van der Waals surface area contributed by atoms with Crippen molar-refractivity contribution in [2.24, 2.45) is 0 Å². The van der Waals surface area contributed by atoms with Gasteiger partial charge in [0.2, 0.25) is 0 Å². The minimum absolute atomic E-state index is 0.116. The summed E-state index contributed by atoms with van der Waals surface area (Å²) in [5, 5.41) is 4.52. The summed E-state index contributed by atoms with van der Waals surface area (Å²) >= 11 is 1.22. The number of hydrogen-bond donors (Lipinski definition) is 1. The first-order valence-electron chi connectivity index (χ1n) is 9.14. The predicted molar refractivity (Wildman–Crippen MR) is 105 cm³/mol. The third kappa shape index (κ3) is 7.06. The van der Waals surface area contributed by atoms with Gasteiger partial charge in [0.05, 0.1) is 18.8 Å². The predicted octanol–water partition coefficient (Wildman–Crippen LogP) is 4.06. The molecule has 158 valence electrons. The van der Waals surface area contributed by atoms with Gasteiger partial charge in [-0.05, 0) is 32.4 Å². The van der Waals surface area contributed by atoms with E-state index in [2.05, 4.69) is 10.3 Å². The lowest BCUT2D eigenvalue weighted by atomic mass is 10.3. The molecule has 29 heavy (non-hydrogen) atoms. The molecule has 1 aromatic carbocycles. The lowest BCUT2D eigenvalue weighted by molar-refractivity contribution is 0.0520. The number of urea groups is 1. The number of carbonyl (C=O) groups is 2. The Morgan fingerprint density at radius 2 is 2.03 bits per heavy atom. The van der Waals surface area contributed by atoms with Crippen LogP contribution in [0.25, 0.3) is 0 Å². The molecule has 0 aliphatic heterocycles. The number of halogens is 2. The number of aromatic nitrogens is 1. The third-order valence-corrected chi connectivity index (χ3v) is 4.58. The normalized spacial score (nSPS) is 10.6. The van der Waals surface area contributed by atoms with Gasteiger partial charge in [-0.15, -0.1) is 11.3 Å². The number of nitrogens with one attached hydrogen (secondary N) is 1. The molecule has 7 nitrogen and oxygen atoms in total. The number of ether oxygens (including phenoxy) is 2. The topological polar surface area (TPSA) is 80.8 Å². The van der Waals surface area contributed by atoms with E-state index in [1.54, 1.807) is 12.3 Å². The molecule has 0 spiro atoms. The van der Waals surface area contributed by atoms with E-state index in [-0.39, 0.29) is 24.5 Å². The molecule has 0 fully saturated rings. The lowest BCUT2D eigenvalue weighted by Gasteiger charge is -2.22. The van der Waals surface area contributed by atoms with Gasteiger partial charge >= 0.3 is 12.0 Å². The van der Waals surface area contributed by atoms with Crippen molar-refractivity contribution in [3.05, 3.63) is 45.9 Å². The Balaban J connectivity index is 2.09. The fraction of sp³-hybridized carbons (Fsp3) is 0.421. The van der Waals surface area contributed by atoms with Crippen molar-refractivity contribution in [1.82, 2.24) is 9.88 Å². The maximum Gasteiger partial charge on any atom is 0.357 e. The molecule has 1 N–H and O–H groups in total. The van der Waals surface area contributed by atoms with Crippen LogP contribution in [0.4, 0.5) is 19.3 Å². The van der Waals surface area contributed by atoms with Crippen LogP contribution in [-0.4, -0.2) is 48.2 Å². The highest BCUT2D eigenvalue weighted by molar-refractivity contribution is 7.09. The van der Waals surface area contributed by atoms with Gasteiger partial charge < -0.3 is 19.7 Å². The van der Waals surface area contributed by atoms with Crippen molar-refractivity contribution in [3.8, 4) is 0 Å². The Kier molecular flexibility index (Phi) is 8.94. The average molecular weight is 427 g/mol. The van der Waals surface area contributed by atoms with Gasteiger partial charge in [0.25, 0.3) is 0 Å². The molecule has 0 saturated carbocycles. The van der Waals surface area contributed by atoms with Crippen LogP contribution in [0.5, 0.6) is 0 Å². The zero-order valence-electron chi connectivity index (χ0n) is 16.2. The molecule has 0 aliphatic rings. The van der Waals surface area contributed by atoms with Gasteiger partial charge in [0.1, 0.15) is 16.6 Å². The summed E-state index contributed by atoms with van der Waals surface area (Å²) in [5.41, 5.74) is 0.0451. The molecule has 0 atom stereocenters. The molecule has 10 heteroatoms. The van der Waals surface area contributed by atoms with Crippen LogP contribution < -0.4 is 5.32 Å². The number of carbonyl (C=O) groups excluding carboxylic acids is 2. The first-order valence-corrected chi connectivity index (χ1v) is 10.0. The minimum atomic E-state index is -0.869. The van der Waals surface area contributed by atoms with Gasteiger partial charge in [-0.2, -0.15) is 0 Å². The fourth-order valence-electron chi connectivity index (χ4n) is 2.38. The Morgan fingerprint density at radius 3 is 2.72 bits per heavy atom. The zero-order valence-corrected chi connectivity index (χ0v) is 17.1. The van der Waals surface area contributed by atoms with E-state index in [1.807, 2.05) is 6.92 Å². The number of esters is 1. The smallest absolute Gasteiger partial charge is 0.357 e. The molecule has 0 radical (unpaired) electrons. The van der Waals surface area contributed by atoms with Crippen molar-refractivity contribution < 1.29 is 27.8 Å². The lowest BCUT2D eigenvalue weighted by Crippen LogP contribution is -2.36. The van der Waals surface area contributed by atoms with Crippen molar-refractivity contribution in [2.45, 2.75) is 26.8 Å². The van der Waals surface area contributed by atoms with Crippen molar-refractivity contribution in [3.63, 3.8) is 0 Å². The number of hydrogen-bond acceptors (Lipinski definition) is 6. The summed E-state index contributed by atoms with van der Waals surface area (Å²) in [6.45, 7) is 5.26. The average Bonchev–Trinajstić information content (AvgIpc) is 3.15. The summed E-state index contributed by atoms with van der Waals surface area (Å²) in [7, 11) is 0. The number of thiazole rings is 1. The number of amides is 2. The van der Waals surface area contributed by atoms with Crippen LogP contribution in [0.1, 0.15) is 35.8 Å². The SMILES string of the molecule is CCOCCCN(Cc1nc(C(=O)OCC)cs1)C(=O)Nc1ccc(F)cc1F. The van der Waals surface area contributed by atoms with E-state index in [4.69, 9.17) is 9.47 Å². The van der Waals surface area contributed by atoms with E-state index < -0.39 is 23.6 Å². The maximum atomic E-state index is 13.9. The van der Waals surface area contributed by atoms with Gasteiger partial charge in [-0.25, -0.2) is 23.4 Å². The minimum Gasteiger partial charge on any atom is -0.461 e. The molecular formula is C19H23F2N3O4S. The van der Waals surface area contributed by atoms with Crippen LogP contribution >= 0.6 is 11.3 Å². The molecule has 2 aromatic rings. The molecular weight excluding hydrogens is 404 g/mol. The molecule has 2 rings (SSSR count). The highest BCUT2D eigenvalue weighted by Gasteiger charge is 2.19. The van der Waals surface area contributed by atoms with Crippen molar-refractivity contribution in [1.29, 1.82) is 0 Å². The van der Waals surface area contributed by atoms with E-state index in [0.29, 0.717) is 37.3 Å². The molecule has 2 amide bonds. The number of benzene rings is 1. The first-order chi connectivity index (χ1) is 13.9. The van der Waals surface area contributed by atoms with Crippen LogP contribution in [0.15, 0.2) is 23.6 Å². The molecule has 0 unspecified atom stereocenters. The van der Waals surface area contributed by atoms with Crippen molar-refractivity contribution >= 4 is 29.0 Å². The summed E-state index contributed by atoms with van der Waals surface area (Å²) in [4.78, 5) is 30.1. The van der Waals surface area contributed by atoms with E-state index in [0.717, 1.165) is 12.1 Å². The maximum absolute atomic E-state index is 13.9. The number of rotatable bonds is 10. The van der Waals surface area contributed by atoms with E-state index in [9.17, 15) is 18.4 Å². The van der Waals surface area contributed by atoms with Gasteiger partial charge in [0.15, 0.2) is 5.69 Å². The molecule has 1 aromatic heterocycles. The summed E-state index contributed by atoms with van der Waals surface area (Å²) in [6, 6.07) is 2.34. The van der Waals surface area contributed by atoms with E-state index in [1.165, 1.54) is 16.2 Å². The third-order valence-electron chi connectivity index (χ3n) is 3.74. The largest absolute Gasteiger partial charge is 0.461 e. The standard InChI is InChI=1S/C19H23F2N3O4S/c1-3-27-9-5-8-24(11-17-22-16(12-29-17)18(25)28-4-2)19(26)23-15-7-6-13(20)10-14(15)21/h6-7,10,12H,3-5,8-9,11H2,1-2H3,(H,23,26). The molecule has 0 saturated heterocycles. The van der Waals surface area contributed by atoms with E-state index >= 15 is 0 Å². The quantitative estimate of drug-likeness (QED) is 0.457. The Labute approximate surface area is 171 Å². The second-order valence-electron chi connectivity index (χ2n) is 5.87. The zero-order chi connectivity index (χ0) is 21.2.